The highest BCUT2D eigenvalue weighted by atomic mass is 19.4. The van der Waals surface area contributed by atoms with Crippen LogP contribution < -0.4 is 9.80 Å². The first-order valence-corrected chi connectivity index (χ1v) is 8.36. The summed E-state index contributed by atoms with van der Waals surface area (Å²) in [4.78, 5) is 36.4. The molecule has 1 aliphatic rings. The van der Waals surface area contributed by atoms with Gasteiger partial charge in [-0.3, -0.25) is 4.98 Å². The molecular formula is C17H18F3N5O4. The average molecular weight is 413 g/mol. The van der Waals surface area contributed by atoms with Gasteiger partial charge in [0.2, 0.25) is 0 Å². The molecule has 0 radical (unpaired) electrons. The van der Waals surface area contributed by atoms with Crippen LogP contribution in [0.3, 0.4) is 0 Å². The van der Waals surface area contributed by atoms with E-state index in [1.807, 2.05) is 12.1 Å². The molecule has 0 aliphatic carbocycles. The number of nitrogens with zero attached hydrogens (tertiary/aromatic N) is 5. The molecular weight excluding hydrogens is 395 g/mol. The minimum absolute atomic E-state index is 0.0353. The van der Waals surface area contributed by atoms with Gasteiger partial charge in [-0.05, 0) is 19.1 Å². The van der Waals surface area contributed by atoms with Crippen molar-refractivity contribution < 1.29 is 33.0 Å². The number of piperazine rings is 1. The van der Waals surface area contributed by atoms with E-state index in [0.717, 1.165) is 25.3 Å². The largest absolute Gasteiger partial charge is 0.490 e. The molecule has 1 saturated heterocycles. The van der Waals surface area contributed by atoms with Gasteiger partial charge < -0.3 is 20.0 Å². The topological polar surface area (TPSA) is 120 Å². The van der Waals surface area contributed by atoms with Gasteiger partial charge in [-0.1, -0.05) is 0 Å². The number of carboxylic acid groups (broad SMARTS) is 2. The maximum atomic E-state index is 10.8. The van der Waals surface area contributed by atoms with E-state index in [9.17, 15) is 18.0 Å². The quantitative estimate of drug-likeness (QED) is 0.777. The molecule has 1 aliphatic heterocycles. The zero-order valence-corrected chi connectivity index (χ0v) is 15.2. The Hall–Kier alpha value is -3.44. The van der Waals surface area contributed by atoms with E-state index in [1.165, 1.54) is 12.4 Å². The first kappa shape index (κ1) is 21.9. The summed E-state index contributed by atoms with van der Waals surface area (Å²) in [5, 5.41) is 16.0. The van der Waals surface area contributed by atoms with Gasteiger partial charge >= 0.3 is 18.1 Å². The summed E-state index contributed by atoms with van der Waals surface area (Å²) in [5.74, 6) is -3.10. The van der Waals surface area contributed by atoms with Crippen LogP contribution in [0.1, 0.15) is 17.4 Å². The third kappa shape index (κ3) is 6.02. The summed E-state index contributed by atoms with van der Waals surface area (Å²) in [6, 6.07) is 4.26. The number of carbonyl (C=O) groups is 2. The molecule has 0 bridgehead atoms. The molecule has 2 aromatic heterocycles. The third-order valence-corrected chi connectivity index (χ3v) is 4.05. The van der Waals surface area contributed by atoms with Crippen molar-refractivity contribution in [1.29, 1.82) is 0 Å². The van der Waals surface area contributed by atoms with Crippen molar-refractivity contribution in [2.24, 2.45) is 0 Å². The molecule has 2 aromatic rings. The lowest BCUT2D eigenvalue weighted by molar-refractivity contribution is -0.192. The van der Waals surface area contributed by atoms with Gasteiger partial charge in [-0.25, -0.2) is 19.6 Å². The molecule has 0 aromatic carbocycles. The first-order chi connectivity index (χ1) is 13.6. The molecule has 1 unspecified atom stereocenters. The van der Waals surface area contributed by atoms with Crippen LogP contribution in [-0.4, -0.2) is 69.0 Å². The number of rotatable bonds is 3. The van der Waals surface area contributed by atoms with Crippen molar-refractivity contribution in [2.45, 2.75) is 19.1 Å². The zero-order chi connectivity index (χ0) is 21.6. The summed E-state index contributed by atoms with van der Waals surface area (Å²) < 4.78 is 31.7. The van der Waals surface area contributed by atoms with Crippen molar-refractivity contribution in [3.63, 3.8) is 0 Å². The lowest BCUT2D eigenvalue weighted by Gasteiger charge is -2.41. The molecule has 1 atom stereocenters. The molecule has 3 rings (SSSR count). The minimum atomic E-state index is -5.08. The molecule has 2 N–H and O–H groups in total. The predicted molar refractivity (Wildman–Crippen MR) is 95.9 cm³/mol. The highest BCUT2D eigenvalue weighted by Crippen LogP contribution is 2.21. The lowest BCUT2D eigenvalue weighted by Crippen LogP contribution is -2.52. The smallest absolute Gasteiger partial charge is 0.476 e. The Morgan fingerprint density at radius 3 is 2.17 bits per heavy atom. The maximum absolute atomic E-state index is 10.8. The van der Waals surface area contributed by atoms with Crippen molar-refractivity contribution in [2.75, 3.05) is 29.4 Å². The van der Waals surface area contributed by atoms with Gasteiger partial charge in [0, 0.05) is 43.8 Å². The standard InChI is InChI=1S/C15H17N5O2.C2HF3O2/c1-11-10-19(12-2-4-16-5-3-12)6-7-20(11)14-9-17-13(8-18-14)15(21)22;3-2(4,5)1(6)7/h2-5,8-9,11H,6-7,10H2,1H3,(H,21,22);(H,6,7). The van der Waals surface area contributed by atoms with Crippen LogP contribution in [0.25, 0.3) is 0 Å². The van der Waals surface area contributed by atoms with Gasteiger partial charge in [0.05, 0.1) is 12.4 Å². The minimum Gasteiger partial charge on any atom is -0.476 e. The maximum Gasteiger partial charge on any atom is 0.490 e. The molecule has 0 amide bonds. The second kappa shape index (κ2) is 9.17. The Morgan fingerprint density at radius 2 is 1.72 bits per heavy atom. The third-order valence-electron chi connectivity index (χ3n) is 4.05. The van der Waals surface area contributed by atoms with Crippen LogP contribution in [0.5, 0.6) is 0 Å². The second-order valence-corrected chi connectivity index (χ2v) is 6.06. The van der Waals surface area contributed by atoms with E-state index >= 15 is 0 Å². The van der Waals surface area contributed by atoms with Crippen molar-refractivity contribution in [3.05, 3.63) is 42.6 Å². The number of alkyl halides is 3. The zero-order valence-electron chi connectivity index (χ0n) is 15.2. The number of aliphatic carboxylic acids is 1. The lowest BCUT2D eigenvalue weighted by atomic mass is 10.1. The van der Waals surface area contributed by atoms with E-state index in [0.29, 0.717) is 5.82 Å². The number of aromatic carboxylic acids is 1. The van der Waals surface area contributed by atoms with Gasteiger partial charge in [0.25, 0.3) is 0 Å². The van der Waals surface area contributed by atoms with E-state index in [2.05, 4.69) is 31.7 Å². The monoisotopic (exact) mass is 413 g/mol. The Bertz CT molecular complexity index is 833. The molecule has 29 heavy (non-hydrogen) atoms. The van der Waals surface area contributed by atoms with Crippen molar-refractivity contribution >= 4 is 23.4 Å². The number of hydrogen-bond acceptors (Lipinski definition) is 7. The fourth-order valence-electron chi connectivity index (χ4n) is 2.67. The van der Waals surface area contributed by atoms with E-state index < -0.39 is 18.1 Å². The van der Waals surface area contributed by atoms with Crippen LogP contribution in [-0.2, 0) is 4.79 Å². The number of pyridine rings is 1. The fourth-order valence-corrected chi connectivity index (χ4v) is 2.67. The van der Waals surface area contributed by atoms with Gasteiger partial charge in [0.1, 0.15) is 5.82 Å². The van der Waals surface area contributed by atoms with Crippen LogP contribution in [0.15, 0.2) is 36.9 Å². The Labute approximate surface area is 163 Å². The molecule has 12 heteroatoms. The van der Waals surface area contributed by atoms with Gasteiger partial charge in [-0.2, -0.15) is 13.2 Å². The normalized spacial score (nSPS) is 16.6. The summed E-state index contributed by atoms with van der Waals surface area (Å²) in [7, 11) is 0. The highest BCUT2D eigenvalue weighted by Gasteiger charge is 2.38. The fraction of sp³-hybridized carbons (Fsp3) is 0.353. The molecule has 0 saturated carbocycles. The predicted octanol–water partition coefficient (Wildman–Crippen LogP) is 1.92. The van der Waals surface area contributed by atoms with Crippen LogP contribution >= 0.6 is 0 Å². The van der Waals surface area contributed by atoms with Crippen LogP contribution in [0.2, 0.25) is 0 Å². The van der Waals surface area contributed by atoms with Crippen molar-refractivity contribution in [3.8, 4) is 0 Å². The molecule has 0 spiro atoms. The first-order valence-electron chi connectivity index (χ1n) is 8.36. The van der Waals surface area contributed by atoms with Crippen LogP contribution in [0.4, 0.5) is 24.7 Å². The van der Waals surface area contributed by atoms with Crippen LogP contribution in [0, 0.1) is 0 Å². The summed E-state index contributed by atoms with van der Waals surface area (Å²) in [5.41, 5.74) is 1.13. The highest BCUT2D eigenvalue weighted by molar-refractivity contribution is 5.84. The number of carboxylic acids is 2. The molecule has 1 fully saturated rings. The number of aromatic nitrogens is 3. The van der Waals surface area contributed by atoms with E-state index in [-0.39, 0.29) is 11.7 Å². The van der Waals surface area contributed by atoms with E-state index in [1.54, 1.807) is 12.4 Å². The van der Waals surface area contributed by atoms with E-state index in [4.69, 9.17) is 15.0 Å². The number of anilines is 2. The summed E-state index contributed by atoms with van der Waals surface area (Å²) in [6.07, 6.45) is 1.34. The van der Waals surface area contributed by atoms with Gasteiger partial charge in [-0.15, -0.1) is 0 Å². The average Bonchev–Trinajstić information content (AvgIpc) is 2.68. The molecule has 3 heterocycles. The van der Waals surface area contributed by atoms with Gasteiger partial charge in [0.15, 0.2) is 5.69 Å². The number of hydrogen-bond donors (Lipinski definition) is 2. The Kier molecular flexibility index (Phi) is 6.91. The second-order valence-electron chi connectivity index (χ2n) is 6.06. The summed E-state index contributed by atoms with van der Waals surface area (Å²) >= 11 is 0. The molecule has 9 nitrogen and oxygen atoms in total. The van der Waals surface area contributed by atoms with Crippen molar-refractivity contribution in [1.82, 2.24) is 15.0 Å². The Morgan fingerprint density at radius 1 is 1.10 bits per heavy atom. The molecule has 156 valence electrons. The summed E-state index contributed by atoms with van der Waals surface area (Å²) in [6.45, 7) is 4.67. The SMILES string of the molecule is CC1CN(c2ccncc2)CCN1c1cnc(C(=O)O)cn1.O=C(O)C(F)(F)F. The Balaban J connectivity index is 0.000000370. The number of halogens is 3.